The van der Waals surface area contributed by atoms with E-state index in [1.165, 1.54) is 7.11 Å². The highest BCUT2D eigenvalue weighted by Crippen LogP contribution is 2.21. The van der Waals surface area contributed by atoms with Crippen LogP contribution in [0.25, 0.3) is 0 Å². The van der Waals surface area contributed by atoms with Crippen molar-refractivity contribution in [3.05, 3.63) is 42.0 Å². The molecule has 0 bridgehead atoms. The van der Waals surface area contributed by atoms with Crippen molar-refractivity contribution in [3.8, 4) is 11.5 Å². The highest BCUT2D eigenvalue weighted by Gasteiger charge is 2.09. The molecule has 0 atom stereocenters. The predicted molar refractivity (Wildman–Crippen MR) is 60.5 cm³/mol. The van der Waals surface area contributed by atoms with Crippen LogP contribution in [-0.2, 0) is 13.7 Å². The van der Waals surface area contributed by atoms with Crippen molar-refractivity contribution in [3.63, 3.8) is 0 Å². The first kappa shape index (κ1) is 11.4. The maximum atomic E-state index is 13.8. The lowest BCUT2D eigenvalue weighted by Gasteiger charge is -2.07. The number of methoxy groups -OCH3 is 1. The molecule has 90 valence electrons. The summed E-state index contributed by atoms with van der Waals surface area (Å²) in [6.45, 7) is 0.148. The molecule has 17 heavy (non-hydrogen) atoms. The van der Waals surface area contributed by atoms with Gasteiger partial charge in [0.05, 0.1) is 19.5 Å². The lowest BCUT2D eigenvalue weighted by atomic mass is 10.2. The first-order chi connectivity index (χ1) is 8.20. The van der Waals surface area contributed by atoms with Crippen LogP contribution >= 0.6 is 0 Å². The lowest BCUT2D eigenvalue weighted by Crippen LogP contribution is -2.00. The fourth-order valence-corrected chi connectivity index (χ4v) is 1.46. The Morgan fingerprint density at radius 3 is 2.88 bits per heavy atom. The molecule has 0 aliphatic rings. The Kier molecular flexibility index (Phi) is 3.27. The fraction of sp³-hybridized carbons (Fsp3) is 0.250. The van der Waals surface area contributed by atoms with Gasteiger partial charge in [0.1, 0.15) is 6.61 Å². The second kappa shape index (κ2) is 4.86. The Bertz CT molecular complexity index is 511. The molecule has 0 aliphatic heterocycles. The van der Waals surface area contributed by atoms with Crippen LogP contribution in [0, 0.1) is 5.82 Å². The van der Waals surface area contributed by atoms with Gasteiger partial charge in [-0.2, -0.15) is 5.10 Å². The Hall–Kier alpha value is -2.04. The number of ether oxygens (including phenoxy) is 2. The topological polar surface area (TPSA) is 36.3 Å². The third-order valence-electron chi connectivity index (χ3n) is 2.34. The summed E-state index contributed by atoms with van der Waals surface area (Å²) in [5.74, 6) is 0.436. The summed E-state index contributed by atoms with van der Waals surface area (Å²) in [6.07, 6.45) is 3.30. The quantitative estimate of drug-likeness (QED) is 0.816. The van der Waals surface area contributed by atoms with E-state index in [1.807, 2.05) is 0 Å². The predicted octanol–water partition coefficient (Wildman–Crippen LogP) is 2.15. The molecule has 4 nitrogen and oxygen atoms in total. The summed E-state index contributed by atoms with van der Waals surface area (Å²) >= 11 is 0. The van der Waals surface area contributed by atoms with Crippen LogP contribution in [0.3, 0.4) is 0 Å². The first-order valence-electron chi connectivity index (χ1n) is 5.13. The maximum Gasteiger partial charge on any atom is 0.171 e. The van der Waals surface area contributed by atoms with Crippen molar-refractivity contribution in [2.24, 2.45) is 7.05 Å². The molecule has 2 aromatic rings. The van der Waals surface area contributed by atoms with Gasteiger partial charge in [-0.3, -0.25) is 4.68 Å². The van der Waals surface area contributed by atoms with E-state index >= 15 is 0 Å². The molecule has 0 N–H and O–H groups in total. The Morgan fingerprint density at radius 1 is 1.41 bits per heavy atom. The summed E-state index contributed by atoms with van der Waals surface area (Å²) in [4.78, 5) is 0. The first-order valence-corrected chi connectivity index (χ1v) is 5.13. The van der Waals surface area contributed by atoms with E-state index in [1.54, 1.807) is 42.3 Å². The number of benzene rings is 1. The van der Waals surface area contributed by atoms with Gasteiger partial charge >= 0.3 is 0 Å². The van der Waals surface area contributed by atoms with Crippen LogP contribution in [0.15, 0.2) is 30.6 Å². The Labute approximate surface area is 98.6 Å². The Morgan fingerprint density at radius 2 is 2.24 bits per heavy atom. The third kappa shape index (κ3) is 2.55. The van der Waals surface area contributed by atoms with Gasteiger partial charge in [0.25, 0.3) is 0 Å². The van der Waals surface area contributed by atoms with Crippen molar-refractivity contribution in [1.29, 1.82) is 0 Å². The smallest absolute Gasteiger partial charge is 0.171 e. The number of hydrogen-bond acceptors (Lipinski definition) is 3. The molecule has 0 fully saturated rings. The number of nitrogens with zero attached hydrogens (tertiary/aromatic N) is 2. The van der Waals surface area contributed by atoms with Crippen molar-refractivity contribution in [1.82, 2.24) is 9.78 Å². The molecule has 1 aromatic heterocycles. The second-order valence-electron chi connectivity index (χ2n) is 3.57. The minimum Gasteiger partial charge on any atom is -0.494 e. The average Bonchev–Trinajstić information content (AvgIpc) is 2.74. The molecular weight excluding hydrogens is 223 g/mol. The van der Waals surface area contributed by atoms with Crippen LogP contribution in [-0.4, -0.2) is 16.9 Å². The van der Waals surface area contributed by atoms with Gasteiger partial charge in [0.15, 0.2) is 17.3 Å². The lowest BCUT2D eigenvalue weighted by molar-refractivity contribution is 0.295. The largest absolute Gasteiger partial charge is 0.494 e. The van der Waals surface area contributed by atoms with Crippen LogP contribution in [0.5, 0.6) is 11.5 Å². The van der Waals surface area contributed by atoms with Crippen LogP contribution in [0.4, 0.5) is 4.39 Å². The molecule has 0 spiro atoms. The SMILES string of the molecule is COc1cccc(COc2cnn(C)c2)c1F. The summed E-state index contributed by atoms with van der Waals surface area (Å²) in [5, 5.41) is 3.96. The molecule has 2 rings (SSSR count). The minimum absolute atomic E-state index is 0.148. The zero-order valence-corrected chi connectivity index (χ0v) is 9.68. The van der Waals surface area contributed by atoms with Crippen molar-refractivity contribution in [2.45, 2.75) is 6.61 Å². The van der Waals surface area contributed by atoms with Gasteiger partial charge in [-0.05, 0) is 6.07 Å². The van der Waals surface area contributed by atoms with Crippen molar-refractivity contribution >= 4 is 0 Å². The summed E-state index contributed by atoms with van der Waals surface area (Å²) in [5.41, 5.74) is 0.452. The van der Waals surface area contributed by atoms with Crippen molar-refractivity contribution < 1.29 is 13.9 Å². The van der Waals surface area contributed by atoms with Crippen LogP contribution < -0.4 is 9.47 Å². The summed E-state index contributed by atoms with van der Waals surface area (Å²) in [6, 6.07) is 4.96. The van der Waals surface area contributed by atoms with E-state index < -0.39 is 0 Å². The van der Waals surface area contributed by atoms with Gasteiger partial charge in [0.2, 0.25) is 0 Å². The standard InChI is InChI=1S/C12H13FN2O2/c1-15-7-10(6-14-15)17-8-9-4-3-5-11(16-2)12(9)13/h3-7H,8H2,1-2H3. The minimum atomic E-state index is -0.390. The molecule has 0 saturated carbocycles. The van der Waals surface area contributed by atoms with E-state index in [0.717, 1.165) is 0 Å². The number of rotatable bonds is 4. The molecule has 5 heteroatoms. The van der Waals surface area contributed by atoms with Gasteiger partial charge in [0, 0.05) is 12.6 Å². The van der Waals surface area contributed by atoms with E-state index in [2.05, 4.69) is 5.10 Å². The normalized spacial score (nSPS) is 10.3. The molecule has 0 aliphatic carbocycles. The number of aryl methyl sites for hydroxylation is 1. The Balaban J connectivity index is 2.09. The number of hydrogen-bond donors (Lipinski definition) is 0. The van der Waals surface area contributed by atoms with Crippen molar-refractivity contribution in [2.75, 3.05) is 7.11 Å². The molecule has 0 radical (unpaired) electrons. The highest BCUT2D eigenvalue weighted by molar-refractivity contribution is 5.31. The summed E-state index contributed by atoms with van der Waals surface area (Å²) in [7, 11) is 3.23. The second-order valence-corrected chi connectivity index (χ2v) is 3.57. The average molecular weight is 236 g/mol. The van der Waals surface area contributed by atoms with E-state index in [-0.39, 0.29) is 18.2 Å². The van der Waals surface area contributed by atoms with Crippen LogP contribution in [0.2, 0.25) is 0 Å². The number of halogens is 1. The zero-order chi connectivity index (χ0) is 12.3. The van der Waals surface area contributed by atoms with E-state index in [4.69, 9.17) is 9.47 Å². The van der Waals surface area contributed by atoms with Crippen LogP contribution in [0.1, 0.15) is 5.56 Å². The maximum absolute atomic E-state index is 13.8. The zero-order valence-electron chi connectivity index (χ0n) is 9.68. The van der Waals surface area contributed by atoms with Gasteiger partial charge < -0.3 is 9.47 Å². The molecule has 0 saturated heterocycles. The fourth-order valence-electron chi connectivity index (χ4n) is 1.46. The van der Waals surface area contributed by atoms with Gasteiger partial charge in [-0.1, -0.05) is 12.1 Å². The molecule has 1 aromatic carbocycles. The molecule has 0 unspecified atom stereocenters. The molecule has 0 amide bonds. The molecular formula is C12H13FN2O2. The summed E-state index contributed by atoms with van der Waals surface area (Å²) < 4.78 is 25.7. The number of aromatic nitrogens is 2. The van der Waals surface area contributed by atoms with E-state index in [9.17, 15) is 4.39 Å². The van der Waals surface area contributed by atoms with Gasteiger partial charge in [-0.25, -0.2) is 4.39 Å². The van der Waals surface area contributed by atoms with E-state index in [0.29, 0.717) is 11.3 Å². The third-order valence-corrected chi connectivity index (χ3v) is 2.34. The monoisotopic (exact) mass is 236 g/mol. The highest BCUT2D eigenvalue weighted by atomic mass is 19.1. The molecule has 1 heterocycles. The van der Waals surface area contributed by atoms with Gasteiger partial charge in [-0.15, -0.1) is 0 Å².